The molecule has 4 nitrogen and oxygen atoms in total. The smallest absolute Gasteiger partial charge is 0.238 e. The second kappa shape index (κ2) is 4.41. The Morgan fingerprint density at radius 1 is 1.50 bits per heavy atom. The highest BCUT2D eigenvalue weighted by Gasteiger charge is 2.12. The summed E-state index contributed by atoms with van der Waals surface area (Å²) in [7, 11) is 0. The standard InChI is InChI=1S/C9H12ClN3O/c10-7-2-1-5(3-6(7)4-11)8(12)9(13)14/h1-3,8H,4,11-12H2,(H2,13,14). The molecule has 1 amide bonds. The van der Waals surface area contributed by atoms with E-state index in [1.54, 1.807) is 18.2 Å². The topological polar surface area (TPSA) is 95.1 Å². The lowest BCUT2D eigenvalue weighted by atomic mass is 10.0. The van der Waals surface area contributed by atoms with Gasteiger partial charge in [0.25, 0.3) is 0 Å². The lowest BCUT2D eigenvalue weighted by Crippen LogP contribution is -2.28. The molecule has 6 N–H and O–H groups in total. The number of hydrogen-bond donors (Lipinski definition) is 3. The fourth-order valence-electron chi connectivity index (χ4n) is 1.11. The van der Waals surface area contributed by atoms with Crippen molar-refractivity contribution in [1.29, 1.82) is 0 Å². The van der Waals surface area contributed by atoms with E-state index in [2.05, 4.69) is 0 Å². The second-order valence-corrected chi connectivity index (χ2v) is 3.34. The summed E-state index contributed by atoms with van der Waals surface area (Å²) in [6.45, 7) is 0.304. The van der Waals surface area contributed by atoms with Crippen molar-refractivity contribution in [2.45, 2.75) is 12.6 Å². The minimum Gasteiger partial charge on any atom is -0.368 e. The zero-order valence-corrected chi connectivity index (χ0v) is 8.29. The number of carbonyl (C=O) groups is 1. The molecule has 0 bridgehead atoms. The molecular formula is C9H12ClN3O. The molecule has 0 saturated heterocycles. The van der Waals surface area contributed by atoms with Gasteiger partial charge < -0.3 is 17.2 Å². The number of amides is 1. The minimum atomic E-state index is -0.808. The van der Waals surface area contributed by atoms with Crippen LogP contribution in [0.5, 0.6) is 0 Å². The summed E-state index contributed by atoms with van der Waals surface area (Å²) >= 11 is 5.84. The summed E-state index contributed by atoms with van der Waals surface area (Å²) in [6.07, 6.45) is 0. The maximum Gasteiger partial charge on any atom is 0.238 e. The van der Waals surface area contributed by atoms with E-state index in [1.807, 2.05) is 0 Å². The van der Waals surface area contributed by atoms with Crippen molar-refractivity contribution in [2.24, 2.45) is 17.2 Å². The number of nitrogens with two attached hydrogens (primary N) is 3. The van der Waals surface area contributed by atoms with Gasteiger partial charge in [-0.2, -0.15) is 0 Å². The summed E-state index contributed by atoms with van der Waals surface area (Å²) in [5.74, 6) is -0.574. The normalized spacial score (nSPS) is 12.5. The third-order valence-electron chi connectivity index (χ3n) is 1.96. The predicted octanol–water partition coefficient (Wildman–Crippen LogP) is 0.284. The largest absolute Gasteiger partial charge is 0.368 e. The number of hydrogen-bond acceptors (Lipinski definition) is 3. The summed E-state index contributed by atoms with van der Waals surface area (Å²) in [6, 6.07) is 4.20. The van der Waals surface area contributed by atoms with Gasteiger partial charge in [0, 0.05) is 11.6 Å². The van der Waals surface area contributed by atoms with Gasteiger partial charge in [-0.3, -0.25) is 4.79 Å². The number of benzene rings is 1. The van der Waals surface area contributed by atoms with E-state index in [0.717, 1.165) is 5.56 Å². The molecule has 0 aromatic heterocycles. The monoisotopic (exact) mass is 213 g/mol. The summed E-state index contributed by atoms with van der Waals surface area (Å²) in [5.41, 5.74) is 17.5. The lowest BCUT2D eigenvalue weighted by Gasteiger charge is -2.10. The molecule has 0 aliphatic rings. The van der Waals surface area contributed by atoms with E-state index in [9.17, 15) is 4.79 Å². The van der Waals surface area contributed by atoms with Gasteiger partial charge in [0.1, 0.15) is 6.04 Å². The Kier molecular flexibility index (Phi) is 3.46. The fraction of sp³-hybridized carbons (Fsp3) is 0.222. The highest BCUT2D eigenvalue weighted by molar-refractivity contribution is 6.31. The van der Waals surface area contributed by atoms with Crippen molar-refractivity contribution in [3.8, 4) is 0 Å². The van der Waals surface area contributed by atoms with Crippen LogP contribution < -0.4 is 17.2 Å². The highest BCUT2D eigenvalue weighted by atomic mass is 35.5. The first-order valence-corrected chi connectivity index (χ1v) is 4.47. The van der Waals surface area contributed by atoms with Gasteiger partial charge in [-0.05, 0) is 17.2 Å². The molecule has 1 unspecified atom stereocenters. The average Bonchev–Trinajstić information content (AvgIpc) is 2.17. The van der Waals surface area contributed by atoms with Crippen LogP contribution in [0.15, 0.2) is 18.2 Å². The molecule has 0 fully saturated rings. The van der Waals surface area contributed by atoms with Crippen LogP contribution in [0.4, 0.5) is 0 Å². The van der Waals surface area contributed by atoms with Crippen molar-refractivity contribution in [3.05, 3.63) is 34.3 Å². The van der Waals surface area contributed by atoms with Crippen LogP contribution in [0, 0.1) is 0 Å². The Balaban J connectivity index is 3.06. The number of halogens is 1. The Morgan fingerprint density at radius 2 is 2.14 bits per heavy atom. The average molecular weight is 214 g/mol. The van der Waals surface area contributed by atoms with Gasteiger partial charge in [0.2, 0.25) is 5.91 Å². The molecule has 1 atom stereocenters. The van der Waals surface area contributed by atoms with Crippen molar-refractivity contribution in [1.82, 2.24) is 0 Å². The van der Waals surface area contributed by atoms with E-state index in [-0.39, 0.29) is 0 Å². The van der Waals surface area contributed by atoms with E-state index < -0.39 is 11.9 Å². The second-order valence-electron chi connectivity index (χ2n) is 2.94. The molecule has 1 aromatic rings. The number of primary amides is 1. The van der Waals surface area contributed by atoms with Gasteiger partial charge in [-0.25, -0.2) is 0 Å². The molecule has 0 saturated carbocycles. The minimum absolute atomic E-state index is 0.304. The van der Waals surface area contributed by atoms with Gasteiger partial charge in [-0.15, -0.1) is 0 Å². The maximum atomic E-state index is 10.8. The lowest BCUT2D eigenvalue weighted by molar-refractivity contribution is -0.119. The Labute approximate surface area is 87.0 Å². The highest BCUT2D eigenvalue weighted by Crippen LogP contribution is 2.20. The van der Waals surface area contributed by atoms with E-state index in [4.69, 9.17) is 28.8 Å². The molecule has 1 rings (SSSR count). The van der Waals surface area contributed by atoms with Crippen molar-refractivity contribution >= 4 is 17.5 Å². The van der Waals surface area contributed by atoms with E-state index in [0.29, 0.717) is 17.1 Å². The van der Waals surface area contributed by atoms with Gasteiger partial charge >= 0.3 is 0 Å². The molecule has 0 radical (unpaired) electrons. The van der Waals surface area contributed by atoms with Gasteiger partial charge in [0.15, 0.2) is 0 Å². The third-order valence-corrected chi connectivity index (χ3v) is 2.32. The molecule has 14 heavy (non-hydrogen) atoms. The first kappa shape index (κ1) is 11.0. The third kappa shape index (κ3) is 2.23. The zero-order valence-electron chi connectivity index (χ0n) is 7.53. The SMILES string of the molecule is NCc1cc(C(N)C(N)=O)ccc1Cl. The first-order valence-electron chi connectivity index (χ1n) is 4.09. The van der Waals surface area contributed by atoms with Gasteiger partial charge in [-0.1, -0.05) is 23.7 Å². The molecule has 0 heterocycles. The van der Waals surface area contributed by atoms with Crippen LogP contribution in [0.1, 0.15) is 17.2 Å². The van der Waals surface area contributed by atoms with Crippen LogP contribution >= 0.6 is 11.6 Å². The van der Waals surface area contributed by atoms with E-state index in [1.165, 1.54) is 0 Å². The molecule has 5 heteroatoms. The van der Waals surface area contributed by atoms with Crippen molar-refractivity contribution in [3.63, 3.8) is 0 Å². The summed E-state index contributed by atoms with van der Waals surface area (Å²) in [4.78, 5) is 10.8. The van der Waals surface area contributed by atoms with Crippen LogP contribution in [0.3, 0.4) is 0 Å². The van der Waals surface area contributed by atoms with Crippen molar-refractivity contribution < 1.29 is 4.79 Å². The Bertz CT molecular complexity index is 354. The zero-order chi connectivity index (χ0) is 10.7. The van der Waals surface area contributed by atoms with E-state index >= 15 is 0 Å². The quantitative estimate of drug-likeness (QED) is 0.673. The summed E-state index contributed by atoms with van der Waals surface area (Å²) < 4.78 is 0. The Morgan fingerprint density at radius 3 is 2.64 bits per heavy atom. The molecule has 0 aliphatic carbocycles. The number of carbonyl (C=O) groups excluding carboxylic acids is 1. The van der Waals surface area contributed by atoms with Crippen molar-refractivity contribution in [2.75, 3.05) is 0 Å². The van der Waals surface area contributed by atoms with Crippen LogP contribution in [-0.4, -0.2) is 5.91 Å². The predicted molar refractivity (Wildman–Crippen MR) is 55.5 cm³/mol. The molecular weight excluding hydrogens is 202 g/mol. The molecule has 0 spiro atoms. The molecule has 1 aromatic carbocycles. The molecule has 0 aliphatic heterocycles. The Hall–Kier alpha value is -1.10. The fourth-order valence-corrected chi connectivity index (χ4v) is 1.30. The first-order chi connectivity index (χ1) is 6.56. The number of rotatable bonds is 3. The maximum absolute atomic E-state index is 10.8. The van der Waals surface area contributed by atoms with Crippen LogP contribution in [0.2, 0.25) is 5.02 Å². The molecule has 76 valence electrons. The van der Waals surface area contributed by atoms with Gasteiger partial charge in [0.05, 0.1) is 0 Å². The van der Waals surface area contributed by atoms with Crippen LogP contribution in [-0.2, 0) is 11.3 Å². The van der Waals surface area contributed by atoms with Crippen LogP contribution in [0.25, 0.3) is 0 Å². The summed E-state index contributed by atoms with van der Waals surface area (Å²) in [5, 5.41) is 0.563.